The third-order valence-electron chi connectivity index (χ3n) is 7.55. The van der Waals surface area contributed by atoms with E-state index in [1.807, 2.05) is 6.92 Å². The van der Waals surface area contributed by atoms with Gasteiger partial charge in [0.2, 0.25) is 5.95 Å². The van der Waals surface area contributed by atoms with E-state index in [0.29, 0.717) is 55.9 Å². The average molecular weight is 609 g/mol. The Morgan fingerprint density at radius 1 is 1.00 bits per heavy atom. The number of alkyl halides is 6. The van der Waals surface area contributed by atoms with Crippen LogP contribution in [0.25, 0.3) is 0 Å². The van der Waals surface area contributed by atoms with E-state index in [-0.39, 0.29) is 35.7 Å². The maximum atomic E-state index is 13.2. The number of nitrogens with zero attached hydrogens (tertiary/aromatic N) is 5. The lowest BCUT2D eigenvalue weighted by atomic mass is 9.96. The van der Waals surface area contributed by atoms with Crippen molar-refractivity contribution in [3.63, 3.8) is 0 Å². The molecule has 0 aliphatic carbocycles. The van der Waals surface area contributed by atoms with Crippen LogP contribution in [-0.4, -0.2) is 62.4 Å². The van der Waals surface area contributed by atoms with E-state index in [1.54, 1.807) is 4.90 Å². The van der Waals surface area contributed by atoms with Gasteiger partial charge >= 0.3 is 18.3 Å². The summed E-state index contributed by atoms with van der Waals surface area (Å²) in [6, 6.07) is 4.12. The number of carbonyl (C=O) groups is 2. The van der Waals surface area contributed by atoms with Crippen LogP contribution in [0.4, 0.5) is 38.0 Å². The highest BCUT2D eigenvalue weighted by molar-refractivity contribution is 5.97. The van der Waals surface area contributed by atoms with Crippen LogP contribution in [-0.2, 0) is 30.2 Å². The molecule has 0 saturated carbocycles. The van der Waals surface area contributed by atoms with E-state index in [4.69, 9.17) is 0 Å². The summed E-state index contributed by atoms with van der Waals surface area (Å²) in [4.78, 5) is 41.3. The number of anilines is 2. The fourth-order valence-corrected chi connectivity index (χ4v) is 5.38. The lowest BCUT2D eigenvalue weighted by Crippen LogP contribution is -2.50. The number of methoxy groups -OCH3 is 1. The molecule has 0 spiro atoms. The first-order chi connectivity index (χ1) is 20.2. The van der Waals surface area contributed by atoms with Crippen molar-refractivity contribution in [2.24, 2.45) is 0 Å². The Labute approximate surface area is 241 Å². The van der Waals surface area contributed by atoms with Gasteiger partial charge in [0.15, 0.2) is 0 Å². The Balaban J connectivity index is 1.25. The predicted octanol–water partition coefficient (Wildman–Crippen LogP) is 5.45. The van der Waals surface area contributed by atoms with Crippen LogP contribution in [0, 0.1) is 0 Å². The van der Waals surface area contributed by atoms with E-state index < -0.39 is 35.1 Å². The topological polar surface area (TPSA) is 101 Å². The molecule has 15 heteroatoms. The van der Waals surface area contributed by atoms with Gasteiger partial charge in [0.1, 0.15) is 5.69 Å². The van der Waals surface area contributed by atoms with Gasteiger partial charge < -0.3 is 15.0 Å². The van der Waals surface area contributed by atoms with Gasteiger partial charge in [0.25, 0.3) is 5.91 Å². The van der Waals surface area contributed by atoms with Crippen molar-refractivity contribution in [1.29, 1.82) is 0 Å². The van der Waals surface area contributed by atoms with Crippen molar-refractivity contribution in [2.75, 3.05) is 19.0 Å². The monoisotopic (exact) mass is 608 g/mol. The summed E-state index contributed by atoms with van der Waals surface area (Å²) in [5.74, 6) is -0.990. The minimum atomic E-state index is -4.97. The molecule has 0 bridgehead atoms. The standard InChI is InChI=1S/C28H26F6N6O3/c1-15-7-21(4-6-40(15)24(41)16-3-5-35-22(8-16)25(42)43-2)39-13-17-12-36-26(38-23(17)14-39)37-20-10-18(27(29,30)31)9-19(11-20)28(32,33)34/h3,5,8-12,15,21H,4,6-7,13-14H2,1-2H3,(H,36,37,38)/t15-,21-/m1/s1. The highest BCUT2D eigenvalue weighted by Gasteiger charge is 2.38. The molecule has 0 unspecified atom stereocenters. The number of benzene rings is 1. The van der Waals surface area contributed by atoms with Gasteiger partial charge in [-0.15, -0.1) is 0 Å². The normalized spacial score (nSPS) is 19.2. The lowest BCUT2D eigenvalue weighted by molar-refractivity contribution is -0.143. The number of ether oxygens (including phenoxy) is 1. The number of piperidine rings is 1. The van der Waals surface area contributed by atoms with Crippen LogP contribution < -0.4 is 5.32 Å². The summed E-state index contributed by atoms with van der Waals surface area (Å²) >= 11 is 0. The number of aromatic nitrogens is 3. The number of nitrogens with one attached hydrogen (secondary N) is 1. The molecule has 1 aromatic carbocycles. The molecule has 1 N–H and O–H groups in total. The number of amides is 1. The van der Waals surface area contributed by atoms with Gasteiger partial charge in [-0.05, 0) is 50.1 Å². The summed E-state index contributed by atoms with van der Waals surface area (Å²) in [6.45, 7) is 3.31. The van der Waals surface area contributed by atoms with Crippen LogP contribution in [0.2, 0.25) is 0 Å². The Kier molecular flexibility index (Phi) is 8.03. The summed E-state index contributed by atoms with van der Waals surface area (Å²) in [6.07, 6.45) is -5.75. The maximum Gasteiger partial charge on any atom is 0.416 e. The third kappa shape index (κ3) is 6.55. The van der Waals surface area contributed by atoms with Crippen LogP contribution in [0.15, 0.2) is 42.7 Å². The second-order valence-corrected chi connectivity index (χ2v) is 10.4. The van der Waals surface area contributed by atoms with Crippen molar-refractivity contribution in [3.05, 3.63) is 76.4 Å². The van der Waals surface area contributed by atoms with Gasteiger partial charge in [-0.2, -0.15) is 26.3 Å². The van der Waals surface area contributed by atoms with E-state index >= 15 is 0 Å². The number of pyridine rings is 1. The number of esters is 1. The quantitative estimate of drug-likeness (QED) is 0.302. The minimum Gasteiger partial charge on any atom is -0.464 e. The third-order valence-corrected chi connectivity index (χ3v) is 7.55. The zero-order valence-electron chi connectivity index (χ0n) is 23.0. The average Bonchev–Trinajstić information content (AvgIpc) is 3.39. The van der Waals surface area contributed by atoms with Crippen molar-refractivity contribution < 1.29 is 40.7 Å². The summed E-state index contributed by atoms with van der Waals surface area (Å²) in [5.41, 5.74) is -1.55. The fourth-order valence-electron chi connectivity index (χ4n) is 5.38. The van der Waals surface area contributed by atoms with Crippen LogP contribution in [0.5, 0.6) is 0 Å². The molecule has 0 radical (unpaired) electrons. The van der Waals surface area contributed by atoms with Crippen molar-refractivity contribution in [3.8, 4) is 0 Å². The summed E-state index contributed by atoms with van der Waals surface area (Å²) < 4.78 is 84.1. The SMILES string of the molecule is COC(=O)c1cc(C(=O)N2CC[C@@H](N3Cc4cnc(Nc5cc(C(F)(F)F)cc(C(F)(F)F)c5)nc4C3)C[C@H]2C)ccn1. The second-order valence-electron chi connectivity index (χ2n) is 10.4. The number of fused-ring (bicyclic) bond motifs is 1. The lowest BCUT2D eigenvalue weighted by Gasteiger charge is -2.41. The first-order valence-corrected chi connectivity index (χ1v) is 13.2. The number of halogens is 6. The van der Waals surface area contributed by atoms with Gasteiger partial charge in [-0.25, -0.2) is 19.7 Å². The fraction of sp³-hybridized carbons (Fsp3) is 0.393. The zero-order valence-corrected chi connectivity index (χ0v) is 23.0. The first kappa shape index (κ1) is 30.2. The molecule has 228 valence electrons. The molecular weight excluding hydrogens is 582 g/mol. The molecule has 2 aliphatic heterocycles. The largest absolute Gasteiger partial charge is 0.464 e. The molecule has 2 aliphatic rings. The number of hydrogen-bond donors (Lipinski definition) is 1. The molecule has 43 heavy (non-hydrogen) atoms. The first-order valence-electron chi connectivity index (χ1n) is 13.2. The second kappa shape index (κ2) is 11.4. The Morgan fingerprint density at radius 2 is 1.70 bits per heavy atom. The predicted molar refractivity (Wildman–Crippen MR) is 140 cm³/mol. The molecule has 1 fully saturated rings. The van der Waals surface area contributed by atoms with Gasteiger partial charge in [0.05, 0.1) is 23.9 Å². The molecule has 4 heterocycles. The highest BCUT2D eigenvalue weighted by atomic mass is 19.4. The minimum absolute atomic E-state index is 0.0366. The Bertz CT molecular complexity index is 1510. The zero-order chi connectivity index (χ0) is 31.1. The molecule has 5 rings (SSSR count). The van der Waals surface area contributed by atoms with E-state index in [9.17, 15) is 35.9 Å². The van der Waals surface area contributed by atoms with Crippen LogP contribution >= 0.6 is 0 Å². The summed E-state index contributed by atoms with van der Waals surface area (Å²) in [7, 11) is 1.23. The van der Waals surface area contributed by atoms with Crippen molar-refractivity contribution in [1.82, 2.24) is 24.8 Å². The smallest absolute Gasteiger partial charge is 0.416 e. The van der Waals surface area contributed by atoms with Gasteiger partial charge in [-0.1, -0.05) is 0 Å². The van der Waals surface area contributed by atoms with Gasteiger partial charge in [-0.3, -0.25) is 9.69 Å². The van der Waals surface area contributed by atoms with Crippen molar-refractivity contribution >= 4 is 23.5 Å². The van der Waals surface area contributed by atoms with Crippen molar-refractivity contribution in [2.45, 2.75) is 57.3 Å². The Morgan fingerprint density at radius 3 is 2.33 bits per heavy atom. The van der Waals surface area contributed by atoms with Gasteiger partial charge in [0, 0.05) is 60.9 Å². The van der Waals surface area contributed by atoms with Crippen LogP contribution in [0.3, 0.4) is 0 Å². The number of rotatable bonds is 5. The van der Waals surface area contributed by atoms with E-state index in [1.165, 1.54) is 31.6 Å². The highest BCUT2D eigenvalue weighted by Crippen LogP contribution is 2.38. The number of carbonyl (C=O) groups excluding carboxylic acids is 2. The van der Waals surface area contributed by atoms with E-state index in [2.05, 4.69) is 29.9 Å². The molecule has 1 saturated heterocycles. The molecular formula is C28H26F6N6O3. The molecule has 1 amide bonds. The number of likely N-dealkylation sites (tertiary alicyclic amines) is 1. The summed E-state index contributed by atoms with van der Waals surface area (Å²) in [5, 5.41) is 2.49. The molecule has 2 atom stereocenters. The molecule has 2 aromatic heterocycles. The number of hydrogen-bond acceptors (Lipinski definition) is 8. The van der Waals surface area contributed by atoms with Crippen LogP contribution in [0.1, 0.15) is 63.0 Å². The van der Waals surface area contributed by atoms with E-state index in [0.717, 1.165) is 5.56 Å². The molecule has 3 aromatic rings. The Hall–Kier alpha value is -4.27. The maximum absolute atomic E-state index is 13.2. The molecule has 9 nitrogen and oxygen atoms in total.